The molecule has 1 rings (SSSR count). The van der Waals surface area contributed by atoms with Gasteiger partial charge in [0.2, 0.25) is 0 Å². The molecule has 1 aromatic heterocycles. The van der Waals surface area contributed by atoms with E-state index >= 15 is 0 Å². The van der Waals surface area contributed by atoms with Crippen LogP contribution in [0.5, 0.6) is 5.75 Å². The molecule has 0 saturated heterocycles. The van der Waals surface area contributed by atoms with E-state index in [4.69, 9.17) is 10.6 Å². The van der Waals surface area contributed by atoms with E-state index in [0.717, 1.165) is 0 Å². The number of nitrogens with zero attached hydrogens (tertiary/aromatic N) is 1. The Labute approximate surface area is 85.3 Å². The molecule has 0 aliphatic rings. The lowest BCUT2D eigenvalue weighted by Gasteiger charge is -2.07. The Hall–Kier alpha value is -1.86. The second-order valence-corrected chi connectivity index (χ2v) is 2.69. The van der Waals surface area contributed by atoms with Gasteiger partial charge in [-0.1, -0.05) is 5.59 Å². The maximum atomic E-state index is 11.5. The first kappa shape index (κ1) is 11.2. The van der Waals surface area contributed by atoms with Crippen LogP contribution >= 0.6 is 0 Å². The van der Waals surface area contributed by atoms with Crippen molar-refractivity contribution in [2.45, 2.75) is 0 Å². The molecule has 0 radical (unpaired) electrons. The highest BCUT2D eigenvalue weighted by molar-refractivity contribution is 5.92. The predicted octanol–water partition coefficient (Wildman–Crippen LogP) is -1.07. The molecule has 3 N–H and O–H groups in total. The molecule has 0 amide bonds. The van der Waals surface area contributed by atoms with Crippen LogP contribution in [0.25, 0.3) is 0 Å². The lowest BCUT2D eigenvalue weighted by Crippen LogP contribution is -2.28. The van der Waals surface area contributed by atoms with Crippen LogP contribution in [0.15, 0.2) is 17.1 Å². The van der Waals surface area contributed by atoms with E-state index in [0.29, 0.717) is 0 Å². The van der Waals surface area contributed by atoms with Gasteiger partial charge in [-0.2, -0.15) is 0 Å². The molecule has 82 valence electrons. The number of carbonyl (C=O) groups is 1. The number of hydrazine groups is 1. The van der Waals surface area contributed by atoms with E-state index in [2.05, 4.69) is 4.84 Å². The van der Waals surface area contributed by atoms with E-state index in [1.807, 2.05) is 0 Å². The number of rotatable bonds is 3. The van der Waals surface area contributed by atoms with E-state index < -0.39 is 11.5 Å². The highest BCUT2D eigenvalue weighted by Gasteiger charge is 2.17. The molecule has 0 aliphatic heterocycles. The molecule has 7 heteroatoms. The molecule has 0 aliphatic carbocycles. The third-order valence-electron chi connectivity index (χ3n) is 1.80. The fourth-order valence-corrected chi connectivity index (χ4v) is 1.07. The van der Waals surface area contributed by atoms with E-state index in [1.54, 1.807) is 12.6 Å². The summed E-state index contributed by atoms with van der Waals surface area (Å²) in [5, 5.41) is 0. The normalized spacial score (nSPS) is 9.80. The molecule has 0 fully saturated rings. The molecule has 1 heterocycles. The zero-order chi connectivity index (χ0) is 11.4. The number of aryl methyl sites for hydroxylation is 1. The van der Waals surface area contributed by atoms with Gasteiger partial charge in [0.05, 0.1) is 7.11 Å². The predicted molar refractivity (Wildman–Crippen MR) is 51.0 cm³/mol. The van der Waals surface area contributed by atoms with Gasteiger partial charge < -0.3 is 14.1 Å². The molecule has 1 aromatic rings. The molecule has 0 aromatic carbocycles. The summed E-state index contributed by atoms with van der Waals surface area (Å²) < 4.78 is 6.10. The molecule has 0 unspecified atom stereocenters. The SMILES string of the molecule is COc1c(C(=O)ONN)ccn(C)c1=O. The zero-order valence-electron chi connectivity index (χ0n) is 8.31. The third-order valence-corrected chi connectivity index (χ3v) is 1.80. The average molecular weight is 213 g/mol. The minimum atomic E-state index is -0.785. The van der Waals surface area contributed by atoms with Crippen molar-refractivity contribution in [3.8, 4) is 5.75 Å². The van der Waals surface area contributed by atoms with Crippen LogP contribution < -0.4 is 21.7 Å². The first-order valence-corrected chi connectivity index (χ1v) is 4.02. The topological polar surface area (TPSA) is 95.6 Å². The largest absolute Gasteiger partial charge is 0.490 e. The van der Waals surface area contributed by atoms with Crippen molar-refractivity contribution < 1.29 is 14.4 Å². The van der Waals surface area contributed by atoms with Crippen LogP contribution in [0.3, 0.4) is 0 Å². The maximum Gasteiger partial charge on any atom is 0.362 e. The highest BCUT2D eigenvalue weighted by atomic mass is 16.7. The lowest BCUT2D eigenvalue weighted by atomic mass is 10.2. The first-order chi connectivity index (χ1) is 7.11. The molecule has 0 atom stereocenters. The summed E-state index contributed by atoms with van der Waals surface area (Å²) in [6.07, 6.45) is 1.43. The summed E-state index contributed by atoms with van der Waals surface area (Å²) in [4.78, 5) is 27.1. The second-order valence-electron chi connectivity index (χ2n) is 2.69. The van der Waals surface area contributed by atoms with E-state index in [1.165, 1.54) is 23.9 Å². The zero-order valence-corrected chi connectivity index (χ0v) is 8.31. The summed E-state index contributed by atoms with van der Waals surface area (Å²) in [6.45, 7) is 0. The number of carbonyl (C=O) groups excluding carboxylic acids is 1. The van der Waals surface area contributed by atoms with E-state index in [9.17, 15) is 9.59 Å². The van der Waals surface area contributed by atoms with Crippen molar-refractivity contribution in [2.24, 2.45) is 12.9 Å². The average Bonchev–Trinajstić information content (AvgIpc) is 2.22. The minimum Gasteiger partial charge on any atom is -0.490 e. The van der Waals surface area contributed by atoms with Crippen LogP contribution in [-0.2, 0) is 11.9 Å². The molecule has 15 heavy (non-hydrogen) atoms. The molecular weight excluding hydrogens is 202 g/mol. The Kier molecular flexibility index (Phi) is 3.42. The van der Waals surface area contributed by atoms with Crippen molar-refractivity contribution in [1.29, 1.82) is 0 Å². The number of ether oxygens (including phenoxy) is 1. The van der Waals surface area contributed by atoms with Gasteiger partial charge in [0.1, 0.15) is 5.56 Å². The van der Waals surface area contributed by atoms with Gasteiger partial charge in [-0.15, -0.1) is 0 Å². The fourth-order valence-electron chi connectivity index (χ4n) is 1.07. The van der Waals surface area contributed by atoms with Crippen molar-refractivity contribution in [1.82, 2.24) is 10.2 Å². The number of nitrogens with two attached hydrogens (primary N) is 1. The molecule has 7 nitrogen and oxygen atoms in total. The minimum absolute atomic E-state index is 0.0125. The fraction of sp³-hybridized carbons (Fsp3) is 0.250. The molecule has 0 saturated carbocycles. The highest BCUT2D eigenvalue weighted by Crippen LogP contribution is 2.12. The number of pyridine rings is 1. The maximum absolute atomic E-state index is 11.5. The Morgan fingerprint density at radius 1 is 1.60 bits per heavy atom. The van der Waals surface area contributed by atoms with Gasteiger partial charge in [-0.05, 0) is 6.07 Å². The number of nitrogens with one attached hydrogen (secondary N) is 1. The van der Waals surface area contributed by atoms with Crippen molar-refractivity contribution in [3.05, 3.63) is 28.2 Å². The summed E-state index contributed by atoms with van der Waals surface area (Å²) in [7, 11) is 2.84. The smallest absolute Gasteiger partial charge is 0.362 e. The third kappa shape index (κ3) is 2.14. The summed E-state index contributed by atoms with van der Waals surface area (Å²) >= 11 is 0. The van der Waals surface area contributed by atoms with Crippen LogP contribution in [0.1, 0.15) is 10.4 Å². The Bertz CT molecular complexity index is 426. The van der Waals surface area contributed by atoms with Gasteiger partial charge >= 0.3 is 5.97 Å². The standard InChI is InChI=1S/C8H11N3O4/c1-11-4-3-5(8(13)15-10-9)6(14-2)7(11)12/h3-4,10H,9H2,1-2H3. The molecule has 0 bridgehead atoms. The van der Waals surface area contributed by atoms with Crippen LogP contribution in [0, 0.1) is 0 Å². The lowest BCUT2D eigenvalue weighted by molar-refractivity contribution is 0.0250. The summed E-state index contributed by atoms with van der Waals surface area (Å²) in [5.41, 5.74) is 1.32. The number of hydrogen-bond donors (Lipinski definition) is 2. The second kappa shape index (κ2) is 4.58. The number of hydrogen-bond acceptors (Lipinski definition) is 6. The van der Waals surface area contributed by atoms with Crippen molar-refractivity contribution in [2.75, 3.05) is 7.11 Å². The van der Waals surface area contributed by atoms with Gasteiger partial charge in [0.25, 0.3) is 5.56 Å². The monoisotopic (exact) mass is 213 g/mol. The van der Waals surface area contributed by atoms with Gasteiger partial charge in [-0.25, -0.2) is 10.6 Å². The summed E-state index contributed by atoms with van der Waals surface area (Å²) in [6, 6.07) is 1.40. The van der Waals surface area contributed by atoms with Gasteiger partial charge in [0.15, 0.2) is 5.75 Å². The quantitative estimate of drug-likeness (QED) is 0.490. The molecular formula is C8H11N3O4. The molecule has 0 spiro atoms. The van der Waals surface area contributed by atoms with Gasteiger partial charge in [0, 0.05) is 13.2 Å². The van der Waals surface area contributed by atoms with Crippen LogP contribution in [0.2, 0.25) is 0 Å². The number of methoxy groups -OCH3 is 1. The van der Waals surface area contributed by atoms with Crippen LogP contribution in [-0.4, -0.2) is 17.6 Å². The van der Waals surface area contributed by atoms with Crippen molar-refractivity contribution >= 4 is 5.97 Å². The van der Waals surface area contributed by atoms with Crippen LogP contribution in [0.4, 0.5) is 0 Å². The van der Waals surface area contributed by atoms with Crippen molar-refractivity contribution in [3.63, 3.8) is 0 Å². The number of aromatic nitrogens is 1. The Balaban J connectivity index is 3.25. The summed E-state index contributed by atoms with van der Waals surface area (Å²) in [5.74, 6) is 3.94. The first-order valence-electron chi connectivity index (χ1n) is 4.02. The van der Waals surface area contributed by atoms with E-state index in [-0.39, 0.29) is 11.3 Å². The van der Waals surface area contributed by atoms with Gasteiger partial charge in [-0.3, -0.25) is 4.79 Å². The Morgan fingerprint density at radius 3 is 2.80 bits per heavy atom. The Morgan fingerprint density at radius 2 is 2.27 bits per heavy atom.